The van der Waals surface area contributed by atoms with Gasteiger partial charge in [0.05, 0.1) is 5.56 Å². The first-order valence-corrected chi connectivity index (χ1v) is 9.20. The number of hydrogen-bond acceptors (Lipinski definition) is 3. The molecule has 0 aliphatic heterocycles. The van der Waals surface area contributed by atoms with Crippen molar-refractivity contribution >= 4 is 17.7 Å². The molecule has 0 saturated carbocycles. The highest BCUT2D eigenvalue weighted by Gasteiger charge is 2.15. The Morgan fingerprint density at radius 2 is 1.48 bits per heavy atom. The predicted molar refractivity (Wildman–Crippen MR) is 103 cm³/mol. The Hall–Kier alpha value is -2.52. The van der Waals surface area contributed by atoms with Crippen LogP contribution >= 0.6 is 11.8 Å². The molecule has 0 heterocycles. The van der Waals surface area contributed by atoms with Crippen molar-refractivity contribution in [2.75, 3.05) is 0 Å². The Bertz CT molecular complexity index is 829. The summed E-state index contributed by atoms with van der Waals surface area (Å²) in [6.07, 6.45) is 0. The van der Waals surface area contributed by atoms with Crippen molar-refractivity contribution in [1.82, 2.24) is 0 Å². The first-order valence-electron chi connectivity index (χ1n) is 8.21. The van der Waals surface area contributed by atoms with Crippen molar-refractivity contribution in [2.45, 2.75) is 24.2 Å². The average molecular weight is 348 g/mol. The maximum atomic E-state index is 12.6. The van der Waals surface area contributed by atoms with Crippen molar-refractivity contribution in [3.63, 3.8) is 0 Å². The zero-order valence-corrected chi connectivity index (χ0v) is 15.0. The van der Waals surface area contributed by atoms with Crippen molar-refractivity contribution in [2.24, 2.45) is 0 Å². The predicted octanol–water partition coefficient (Wildman–Crippen LogP) is 5.64. The molecule has 0 aliphatic carbocycles. The maximum absolute atomic E-state index is 12.6. The molecule has 0 aliphatic rings. The number of rotatable bonds is 6. The number of thioether (sulfide) groups is 1. The summed E-state index contributed by atoms with van der Waals surface area (Å²) in [6.45, 7) is 2.32. The van der Waals surface area contributed by atoms with E-state index in [-0.39, 0.29) is 12.6 Å². The zero-order valence-electron chi connectivity index (χ0n) is 14.1. The fourth-order valence-corrected chi connectivity index (χ4v) is 3.64. The molecule has 25 heavy (non-hydrogen) atoms. The van der Waals surface area contributed by atoms with Gasteiger partial charge in [0.25, 0.3) is 0 Å². The van der Waals surface area contributed by atoms with Gasteiger partial charge in [0.1, 0.15) is 6.61 Å². The van der Waals surface area contributed by atoms with Gasteiger partial charge in [0, 0.05) is 10.6 Å². The van der Waals surface area contributed by atoms with Gasteiger partial charge >= 0.3 is 5.97 Å². The highest BCUT2D eigenvalue weighted by Crippen LogP contribution is 2.30. The van der Waals surface area contributed by atoms with Crippen LogP contribution in [0.2, 0.25) is 0 Å². The minimum Gasteiger partial charge on any atom is -0.457 e. The molecule has 0 saturated heterocycles. The third-order valence-corrected chi connectivity index (χ3v) is 5.18. The molecule has 0 radical (unpaired) electrons. The van der Waals surface area contributed by atoms with Crippen LogP contribution < -0.4 is 0 Å². The summed E-state index contributed by atoms with van der Waals surface area (Å²) < 4.78 is 5.51. The smallest absolute Gasteiger partial charge is 0.339 e. The third-order valence-electron chi connectivity index (χ3n) is 3.87. The number of hydrogen-bond donors (Lipinski definition) is 0. The standard InChI is InChI=1S/C22H20O2S/c1-17-9-8-14-20(21(17)25-16-19-12-6-3-7-13-19)22(23)24-15-18-10-4-2-5-11-18/h2-14H,15-16H2,1H3. The van der Waals surface area contributed by atoms with Crippen molar-refractivity contribution in [1.29, 1.82) is 0 Å². The van der Waals surface area contributed by atoms with Crippen LogP contribution in [0.3, 0.4) is 0 Å². The van der Waals surface area contributed by atoms with Crippen LogP contribution in [-0.4, -0.2) is 5.97 Å². The molecule has 3 heteroatoms. The van der Waals surface area contributed by atoms with E-state index in [1.807, 2.05) is 73.7 Å². The van der Waals surface area contributed by atoms with Crippen LogP contribution in [0, 0.1) is 6.92 Å². The Labute approximate surface area is 152 Å². The molecule has 0 unspecified atom stereocenters. The minimum atomic E-state index is -0.275. The lowest BCUT2D eigenvalue weighted by Gasteiger charge is -2.12. The van der Waals surface area contributed by atoms with E-state index in [1.54, 1.807) is 11.8 Å². The summed E-state index contributed by atoms with van der Waals surface area (Å²) >= 11 is 1.68. The second-order valence-electron chi connectivity index (χ2n) is 5.79. The van der Waals surface area contributed by atoms with Crippen LogP contribution in [0.1, 0.15) is 27.0 Å². The number of ether oxygens (including phenoxy) is 1. The highest BCUT2D eigenvalue weighted by atomic mass is 32.2. The van der Waals surface area contributed by atoms with Gasteiger partial charge in [-0.25, -0.2) is 4.79 Å². The molecule has 3 aromatic rings. The van der Waals surface area contributed by atoms with Crippen LogP contribution in [0.5, 0.6) is 0 Å². The molecule has 0 amide bonds. The van der Waals surface area contributed by atoms with Crippen LogP contribution in [0.4, 0.5) is 0 Å². The van der Waals surface area contributed by atoms with Crippen LogP contribution in [0.15, 0.2) is 83.8 Å². The largest absolute Gasteiger partial charge is 0.457 e. The molecular formula is C22H20O2S. The van der Waals surface area contributed by atoms with E-state index in [0.29, 0.717) is 5.56 Å². The third kappa shape index (κ3) is 4.74. The summed E-state index contributed by atoms with van der Waals surface area (Å²) in [6, 6.07) is 25.8. The molecule has 0 N–H and O–H groups in total. The minimum absolute atomic E-state index is 0.275. The lowest BCUT2D eigenvalue weighted by Crippen LogP contribution is -2.07. The molecule has 0 fully saturated rings. The topological polar surface area (TPSA) is 26.3 Å². The summed E-state index contributed by atoms with van der Waals surface area (Å²) in [5.74, 6) is 0.549. The quantitative estimate of drug-likeness (QED) is 0.426. The lowest BCUT2D eigenvalue weighted by molar-refractivity contribution is 0.0468. The van der Waals surface area contributed by atoms with Gasteiger partial charge in [-0.2, -0.15) is 0 Å². The number of carbonyl (C=O) groups is 1. The summed E-state index contributed by atoms with van der Waals surface area (Å²) in [7, 11) is 0. The van der Waals surface area contributed by atoms with E-state index in [0.717, 1.165) is 21.8 Å². The molecule has 0 bridgehead atoms. The van der Waals surface area contributed by atoms with E-state index < -0.39 is 0 Å². The van der Waals surface area contributed by atoms with E-state index in [9.17, 15) is 4.79 Å². The van der Waals surface area contributed by atoms with Crippen LogP contribution in [0.25, 0.3) is 0 Å². The fourth-order valence-electron chi connectivity index (χ4n) is 2.54. The van der Waals surface area contributed by atoms with Gasteiger partial charge in [-0.15, -0.1) is 11.8 Å². The fraction of sp³-hybridized carbons (Fsp3) is 0.136. The molecule has 3 aromatic carbocycles. The Kier molecular flexibility index (Phi) is 5.91. The monoisotopic (exact) mass is 348 g/mol. The number of benzene rings is 3. The summed E-state index contributed by atoms with van der Waals surface area (Å²) in [5, 5.41) is 0. The average Bonchev–Trinajstić information content (AvgIpc) is 2.66. The van der Waals surface area contributed by atoms with E-state index in [1.165, 1.54) is 5.56 Å². The first-order chi connectivity index (χ1) is 12.2. The molecule has 3 rings (SSSR count). The van der Waals surface area contributed by atoms with Gasteiger partial charge in [-0.3, -0.25) is 0 Å². The second kappa shape index (κ2) is 8.54. The molecule has 0 spiro atoms. The maximum Gasteiger partial charge on any atom is 0.339 e. The van der Waals surface area contributed by atoms with Gasteiger partial charge < -0.3 is 4.74 Å². The van der Waals surface area contributed by atoms with Crippen molar-refractivity contribution < 1.29 is 9.53 Å². The zero-order chi connectivity index (χ0) is 17.5. The number of carbonyl (C=O) groups excluding carboxylic acids is 1. The summed E-state index contributed by atoms with van der Waals surface area (Å²) in [4.78, 5) is 13.6. The highest BCUT2D eigenvalue weighted by molar-refractivity contribution is 7.98. The number of aryl methyl sites for hydroxylation is 1. The SMILES string of the molecule is Cc1cccc(C(=O)OCc2ccccc2)c1SCc1ccccc1. The van der Waals surface area contributed by atoms with Crippen LogP contribution in [-0.2, 0) is 17.1 Å². The van der Waals surface area contributed by atoms with Crippen molar-refractivity contribution in [3.8, 4) is 0 Å². The molecule has 126 valence electrons. The normalized spacial score (nSPS) is 10.4. The summed E-state index contributed by atoms with van der Waals surface area (Å²) in [5.41, 5.74) is 3.95. The molecule has 0 aromatic heterocycles. The lowest BCUT2D eigenvalue weighted by atomic mass is 10.1. The molecule has 2 nitrogen and oxygen atoms in total. The Balaban J connectivity index is 1.72. The van der Waals surface area contributed by atoms with E-state index in [2.05, 4.69) is 12.1 Å². The molecule has 0 atom stereocenters. The Morgan fingerprint density at radius 1 is 0.840 bits per heavy atom. The van der Waals surface area contributed by atoms with Gasteiger partial charge in [-0.1, -0.05) is 72.8 Å². The van der Waals surface area contributed by atoms with E-state index in [4.69, 9.17) is 4.74 Å². The first kappa shape index (κ1) is 17.3. The van der Waals surface area contributed by atoms with Gasteiger partial charge in [-0.05, 0) is 29.7 Å². The van der Waals surface area contributed by atoms with Gasteiger partial charge in [0.2, 0.25) is 0 Å². The second-order valence-corrected chi connectivity index (χ2v) is 6.77. The molecular weight excluding hydrogens is 328 g/mol. The number of esters is 1. The van der Waals surface area contributed by atoms with E-state index >= 15 is 0 Å². The van der Waals surface area contributed by atoms with Gasteiger partial charge in [0.15, 0.2) is 0 Å². The van der Waals surface area contributed by atoms with Crippen molar-refractivity contribution in [3.05, 3.63) is 101 Å². The Morgan fingerprint density at radius 3 is 2.16 bits per heavy atom.